The molecule has 2 aliphatic heterocycles. The summed E-state index contributed by atoms with van der Waals surface area (Å²) in [6.07, 6.45) is 19.9. The maximum atomic E-state index is 13.7. The van der Waals surface area contributed by atoms with Gasteiger partial charge in [0.05, 0.1) is 12.7 Å². The Morgan fingerprint density at radius 2 is 1.72 bits per heavy atom. The highest BCUT2D eigenvalue weighted by atomic mass is 16.2. The topological polar surface area (TPSA) is 56.4 Å². The molecule has 5 nitrogen and oxygen atoms in total. The first kappa shape index (κ1) is 24.7. The summed E-state index contributed by atoms with van der Waals surface area (Å²) in [7, 11) is 0. The zero-order chi connectivity index (χ0) is 24.5. The van der Waals surface area contributed by atoms with Crippen molar-refractivity contribution in [2.75, 3.05) is 16.9 Å². The fourth-order valence-corrected chi connectivity index (χ4v) is 8.91. The Kier molecular flexibility index (Phi) is 7.31. The molecule has 3 saturated carbocycles. The number of anilines is 2. The number of nitrogens with zero attached hydrogens (tertiary/aromatic N) is 1. The Balaban J connectivity index is 1.19. The molecule has 6 rings (SSSR count). The fourth-order valence-electron chi connectivity index (χ4n) is 8.91. The minimum Gasteiger partial charge on any atom is -0.355 e. The number of benzene rings is 1. The number of nitrogens with one attached hydrogen (secondary N) is 3. The van der Waals surface area contributed by atoms with Gasteiger partial charge in [-0.2, -0.15) is 0 Å². The first-order valence-corrected chi connectivity index (χ1v) is 15.3. The predicted octanol–water partition coefficient (Wildman–Crippen LogP) is 6.33. The third kappa shape index (κ3) is 4.71. The molecule has 0 aromatic heterocycles. The number of carbonyl (C=O) groups excluding carboxylic acids is 1. The average molecular weight is 493 g/mol. The van der Waals surface area contributed by atoms with Crippen molar-refractivity contribution >= 4 is 17.3 Å². The molecule has 0 bridgehead atoms. The lowest BCUT2D eigenvalue weighted by Crippen LogP contribution is -2.50. The van der Waals surface area contributed by atoms with Gasteiger partial charge in [-0.1, -0.05) is 64.4 Å². The molecule has 2 heterocycles. The van der Waals surface area contributed by atoms with Crippen LogP contribution in [-0.4, -0.2) is 30.7 Å². The normalized spacial score (nSPS) is 34.0. The van der Waals surface area contributed by atoms with E-state index in [0.29, 0.717) is 23.4 Å². The van der Waals surface area contributed by atoms with Crippen LogP contribution in [0.4, 0.5) is 11.4 Å². The monoisotopic (exact) mass is 492 g/mol. The number of rotatable bonds is 4. The van der Waals surface area contributed by atoms with Crippen LogP contribution in [0.1, 0.15) is 109 Å². The van der Waals surface area contributed by atoms with Gasteiger partial charge < -0.3 is 15.5 Å². The molecule has 198 valence electrons. The Hall–Kier alpha value is -1.59. The van der Waals surface area contributed by atoms with Gasteiger partial charge >= 0.3 is 0 Å². The van der Waals surface area contributed by atoms with Crippen LogP contribution in [0.25, 0.3) is 0 Å². The van der Waals surface area contributed by atoms with E-state index in [0.717, 1.165) is 31.2 Å². The van der Waals surface area contributed by atoms with Gasteiger partial charge in [-0.15, -0.1) is 0 Å². The van der Waals surface area contributed by atoms with Gasteiger partial charge in [-0.25, -0.2) is 0 Å². The highest BCUT2D eigenvalue weighted by Gasteiger charge is 2.55. The molecule has 4 unspecified atom stereocenters. The molecule has 4 atom stereocenters. The first-order valence-electron chi connectivity index (χ1n) is 15.3. The molecule has 0 radical (unpaired) electrons. The molecule has 1 aromatic rings. The number of amides is 1. The first-order chi connectivity index (χ1) is 17.6. The van der Waals surface area contributed by atoms with E-state index < -0.39 is 0 Å². The van der Waals surface area contributed by atoms with Crippen LogP contribution >= 0.6 is 0 Å². The summed E-state index contributed by atoms with van der Waals surface area (Å²) in [4.78, 5) is 16.3. The summed E-state index contributed by atoms with van der Waals surface area (Å²) in [6, 6.07) is 7.67. The molecule has 4 fully saturated rings. The van der Waals surface area contributed by atoms with Gasteiger partial charge in [0.25, 0.3) is 0 Å². The summed E-state index contributed by atoms with van der Waals surface area (Å²) in [5.41, 5.74) is 3.99. The van der Waals surface area contributed by atoms with Crippen LogP contribution in [0.5, 0.6) is 0 Å². The van der Waals surface area contributed by atoms with Crippen molar-refractivity contribution in [3.05, 3.63) is 23.8 Å². The van der Waals surface area contributed by atoms with Crippen molar-refractivity contribution in [1.29, 1.82) is 0 Å². The molecule has 36 heavy (non-hydrogen) atoms. The van der Waals surface area contributed by atoms with Gasteiger partial charge in [0.2, 0.25) is 5.91 Å². The van der Waals surface area contributed by atoms with E-state index in [1.807, 2.05) is 0 Å². The molecule has 5 heteroatoms. The molecule has 1 saturated heterocycles. The van der Waals surface area contributed by atoms with Gasteiger partial charge in [0.1, 0.15) is 0 Å². The fraction of sp³-hybridized carbons (Fsp3) is 0.774. The maximum absolute atomic E-state index is 13.7. The Morgan fingerprint density at radius 3 is 2.53 bits per heavy atom. The van der Waals surface area contributed by atoms with Crippen LogP contribution in [0, 0.1) is 17.3 Å². The standard InChI is InChI=1S/C31H48N4O/c1-22-10-9-17-31(24-11-5-4-6-12-24)19-27(34-29(22)31)30(36)33-25-16-15-23-20-32-21-35(28(23)18-25)26-13-7-2-3-8-14-26/h15-16,18,22,24,26-27,29,32,34H,2-14,17,19-21H2,1H3,(H,33,36). The second kappa shape index (κ2) is 10.6. The second-order valence-corrected chi connectivity index (χ2v) is 12.9. The summed E-state index contributed by atoms with van der Waals surface area (Å²) in [5, 5.41) is 10.9. The summed E-state index contributed by atoms with van der Waals surface area (Å²) >= 11 is 0. The Bertz CT molecular complexity index is 919. The Labute approximate surface area is 218 Å². The van der Waals surface area contributed by atoms with Gasteiger partial charge in [-0.3, -0.25) is 10.1 Å². The lowest BCUT2D eigenvalue weighted by atomic mass is 9.57. The molecule has 1 amide bonds. The van der Waals surface area contributed by atoms with E-state index in [4.69, 9.17) is 0 Å². The lowest BCUT2D eigenvalue weighted by molar-refractivity contribution is -0.118. The Morgan fingerprint density at radius 1 is 0.972 bits per heavy atom. The molecule has 3 aliphatic carbocycles. The van der Waals surface area contributed by atoms with E-state index in [9.17, 15) is 4.79 Å². The summed E-state index contributed by atoms with van der Waals surface area (Å²) < 4.78 is 0. The van der Waals surface area contributed by atoms with Crippen LogP contribution in [0.2, 0.25) is 0 Å². The summed E-state index contributed by atoms with van der Waals surface area (Å²) in [6.45, 7) is 4.26. The highest BCUT2D eigenvalue weighted by Crippen LogP contribution is 2.55. The molecule has 5 aliphatic rings. The quantitative estimate of drug-likeness (QED) is 0.430. The number of hydrogen-bond donors (Lipinski definition) is 3. The van der Waals surface area contributed by atoms with E-state index in [1.165, 1.54) is 101 Å². The molecule has 0 spiro atoms. The van der Waals surface area contributed by atoms with Gasteiger partial charge in [0.15, 0.2) is 0 Å². The zero-order valence-corrected chi connectivity index (χ0v) is 22.5. The van der Waals surface area contributed by atoms with Crippen molar-refractivity contribution in [3.63, 3.8) is 0 Å². The van der Waals surface area contributed by atoms with E-state index in [2.05, 4.69) is 46.0 Å². The third-order valence-corrected chi connectivity index (χ3v) is 10.7. The third-order valence-electron chi connectivity index (χ3n) is 10.7. The SMILES string of the molecule is CC1CCCC2(C3CCCCC3)CC(C(=O)Nc3ccc4c(c3)N(C3CCCCCC3)CNC4)NC12. The number of carbonyl (C=O) groups is 1. The van der Waals surface area contributed by atoms with Crippen LogP contribution in [-0.2, 0) is 11.3 Å². The van der Waals surface area contributed by atoms with E-state index >= 15 is 0 Å². The van der Waals surface area contributed by atoms with E-state index in [1.54, 1.807) is 0 Å². The van der Waals surface area contributed by atoms with Gasteiger partial charge in [0, 0.05) is 30.0 Å². The van der Waals surface area contributed by atoms with Crippen LogP contribution < -0.4 is 20.9 Å². The highest BCUT2D eigenvalue weighted by molar-refractivity contribution is 5.95. The summed E-state index contributed by atoms with van der Waals surface area (Å²) in [5.74, 6) is 1.65. The molecule has 1 aromatic carbocycles. The van der Waals surface area contributed by atoms with Crippen molar-refractivity contribution in [2.24, 2.45) is 17.3 Å². The predicted molar refractivity (Wildman–Crippen MR) is 148 cm³/mol. The minimum absolute atomic E-state index is 0.0619. The minimum atomic E-state index is -0.0619. The maximum Gasteiger partial charge on any atom is 0.241 e. The largest absolute Gasteiger partial charge is 0.355 e. The van der Waals surface area contributed by atoms with Crippen LogP contribution in [0.3, 0.4) is 0 Å². The second-order valence-electron chi connectivity index (χ2n) is 12.9. The molecule has 3 N–H and O–H groups in total. The van der Waals surface area contributed by atoms with E-state index in [-0.39, 0.29) is 11.9 Å². The molecular formula is C31H48N4O. The van der Waals surface area contributed by atoms with Crippen molar-refractivity contribution < 1.29 is 4.79 Å². The average Bonchev–Trinajstić information content (AvgIpc) is 3.13. The van der Waals surface area contributed by atoms with Crippen molar-refractivity contribution in [1.82, 2.24) is 10.6 Å². The lowest BCUT2D eigenvalue weighted by Gasteiger charge is -2.49. The smallest absolute Gasteiger partial charge is 0.241 e. The van der Waals surface area contributed by atoms with Crippen molar-refractivity contribution in [3.8, 4) is 0 Å². The van der Waals surface area contributed by atoms with Crippen LogP contribution in [0.15, 0.2) is 18.2 Å². The van der Waals surface area contributed by atoms with Gasteiger partial charge in [-0.05, 0) is 79.9 Å². The number of hydrogen-bond acceptors (Lipinski definition) is 4. The van der Waals surface area contributed by atoms with Crippen molar-refractivity contribution in [2.45, 2.75) is 128 Å². The zero-order valence-electron chi connectivity index (χ0n) is 22.5. The molecular weight excluding hydrogens is 444 g/mol. The number of fused-ring (bicyclic) bond motifs is 2.